The number of hydrogen-bond donors (Lipinski definition) is 2. The van der Waals surface area contributed by atoms with E-state index in [9.17, 15) is 14.5 Å². The molecule has 0 saturated carbocycles. The first-order chi connectivity index (χ1) is 9.54. The number of hydrogen-bond acceptors (Lipinski definition) is 3. The second kappa shape index (κ2) is 6.07. The summed E-state index contributed by atoms with van der Waals surface area (Å²) in [6, 6.07) is 11.7. The molecule has 0 saturated heterocycles. The molecule has 5 nitrogen and oxygen atoms in total. The smallest absolute Gasteiger partial charge is 0.269 e. The van der Waals surface area contributed by atoms with E-state index in [2.05, 4.69) is 10.6 Å². The molecule has 0 aromatic heterocycles. The SMILES string of the molecule is O=[N+]([O-])c1ccc(NC(=S)Nc2cccc(F)c2)cc1. The highest BCUT2D eigenvalue weighted by atomic mass is 32.1. The van der Waals surface area contributed by atoms with Crippen LogP contribution in [0.15, 0.2) is 48.5 Å². The van der Waals surface area contributed by atoms with Crippen molar-refractivity contribution in [3.8, 4) is 0 Å². The molecule has 0 unspecified atom stereocenters. The Kier molecular flexibility index (Phi) is 4.21. The molecule has 2 aromatic carbocycles. The monoisotopic (exact) mass is 291 g/mol. The molecule has 102 valence electrons. The minimum atomic E-state index is -0.479. The van der Waals surface area contributed by atoms with Crippen molar-refractivity contribution in [3.63, 3.8) is 0 Å². The zero-order chi connectivity index (χ0) is 14.5. The second-order valence-corrected chi connectivity index (χ2v) is 4.30. The van der Waals surface area contributed by atoms with Gasteiger partial charge in [-0.1, -0.05) is 6.07 Å². The minimum Gasteiger partial charge on any atom is -0.332 e. The van der Waals surface area contributed by atoms with E-state index >= 15 is 0 Å². The lowest BCUT2D eigenvalue weighted by Crippen LogP contribution is -2.19. The maximum atomic E-state index is 13.0. The van der Waals surface area contributed by atoms with Crippen LogP contribution in [0.3, 0.4) is 0 Å². The van der Waals surface area contributed by atoms with Gasteiger partial charge in [0.1, 0.15) is 5.82 Å². The van der Waals surface area contributed by atoms with Gasteiger partial charge in [0, 0.05) is 23.5 Å². The summed E-state index contributed by atoms with van der Waals surface area (Å²) in [5.41, 5.74) is 1.12. The lowest BCUT2D eigenvalue weighted by atomic mass is 10.3. The first-order valence-electron chi connectivity index (χ1n) is 5.62. The summed E-state index contributed by atoms with van der Waals surface area (Å²) in [4.78, 5) is 10.0. The number of nitrogens with one attached hydrogen (secondary N) is 2. The molecule has 0 amide bonds. The number of halogens is 1. The molecule has 0 aliphatic rings. The molecule has 0 aliphatic heterocycles. The largest absolute Gasteiger partial charge is 0.332 e. The van der Waals surface area contributed by atoms with Crippen LogP contribution in [0.25, 0.3) is 0 Å². The van der Waals surface area contributed by atoms with Gasteiger partial charge < -0.3 is 10.6 Å². The van der Waals surface area contributed by atoms with Crippen molar-refractivity contribution < 1.29 is 9.31 Å². The van der Waals surface area contributed by atoms with Gasteiger partial charge in [0.05, 0.1) is 4.92 Å². The molecule has 7 heteroatoms. The van der Waals surface area contributed by atoms with E-state index < -0.39 is 4.92 Å². The van der Waals surface area contributed by atoms with Crippen molar-refractivity contribution in [2.75, 3.05) is 10.6 Å². The van der Waals surface area contributed by atoms with Gasteiger partial charge in [0.25, 0.3) is 5.69 Å². The first-order valence-corrected chi connectivity index (χ1v) is 6.03. The number of nitro groups is 1. The van der Waals surface area contributed by atoms with Gasteiger partial charge in [-0.15, -0.1) is 0 Å². The Morgan fingerprint density at radius 2 is 1.75 bits per heavy atom. The van der Waals surface area contributed by atoms with Gasteiger partial charge in [-0.2, -0.15) is 0 Å². The zero-order valence-corrected chi connectivity index (χ0v) is 11.0. The number of rotatable bonds is 3. The fourth-order valence-electron chi connectivity index (χ4n) is 1.53. The molecule has 20 heavy (non-hydrogen) atoms. The van der Waals surface area contributed by atoms with Crippen molar-refractivity contribution >= 4 is 34.4 Å². The van der Waals surface area contributed by atoms with E-state index in [0.29, 0.717) is 11.4 Å². The molecule has 0 spiro atoms. The summed E-state index contributed by atoms with van der Waals surface area (Å²) in [5, 5.41) is 16.5. The third-order valence-electron chi connectivity index (χ3n) is 2.42. The summed E-state index contributed by atoms with van der Waals surface area (Å²) < 4.78 is 13.0. The molecule has 0 bridgehead atoms. The highest BCUT2D eigenvalue weighted by molar-refractivity contribution is 7.80. The summed E-state index contributed by atoms with van der Waals surface area (Å²) >= 11 is 5.07. The Balaban J connectivity index is 1.99. The predicted molar refractivity (Wildman–Crippen MR) is 79.3 cm³/mol. The molecule has 0 heterocycles. The van der Waals surface area contributed by atoms with Gasteiger partial charge in [-0.3, -0.25) is 10.1 Å². The van der Waals surface area contributed by atoms with E-state index in [0.717, 1.165) is 0 Å². The summed E-state index contributed by atoms with van der Waals surface area (Å²) in [6.45, 7) is 0. The van der Waals surface area contributed by atoms with Crippen LogP contribution in [0.4, 0.5) is 21.5 Å². The van der Waals surface area contributed by atoms with Crippen molar-refractivity contribution in [1.82, 2.24) is 0 Å². The van der Waals surface area contributed by atoms with E-state index in [1.807, 2.05) is 0 Å². The maximum absolute atomic E-state index is 13.0. The van der Waals surface area contributed by atoms with E-state index in [4.69, 9.17) is 12.2 Å². The molecular weight excluding hydrogens is 281 g/mol. The molecule has 0 radical (unpaired) electrons. The van der Waals surface area contributed by atoms with Crippen molar-refractivity contribution in [1.29, 1.82) is 0 Å². The van der Waals surface area contributed by atoms with E-state index in [1.165, 1.54) is 36.4 Å². The molecule has 0 fully saturated rings. The van der Waals surface area contributed by atoms with Crippen molar-refractivity contribution in [3.05, 3.63) is 64.5 Å². The molecule has 2 aromatic rings. The second-order valence-electron chi connectivity index (χ2n) is 3.89. The van der Waals surface area contributed by atoms with Crippen LogP contribution in [-0.4, -0.2) is 10.0 Å². The standard InChI is InChI=1S/C13H10FN3O2S/c14-9-2-1-3-11(8-9)16-13(20)15-10-4-6-12(7-5-10)17(18)19/h1-8H,(H2,15,16,20). The van der Waals surface area contributed by atoms with Crippen molar-refractivity contribution in [2.24, 2.45) is 0 Å². The zero-order valence-electron chi connectivity index (χ0n) is 10.2. The third kappa shape index (κ3) is 3.72. The Labute approximate surface area is 119 Å². The van der Waals surface area contributed by atoms with Crippen LogP contribution in [0, 0.1) is 15.9 Å². The van der Waals surface area contributed by atoms with Crippen LogP contribution in [0.5, 0.6) is 0 Å². The fourth-order valence-corrected chi connectivity index (χ4v) is 1.76. The van der Waals surface area contributed by atoms with E-state index in [-0.39, 0.29) is 16.6 Å². The number of anilines is 2. The van der Waals surface area contributed by atoms with Gasteiger partial charge in [0.15, 0.2) is 5.11 Å². The Morgan fingerprint density at radius 1 is 1.10 bits per heavy atom. The minimum absolute atomic E-state index is 0.000409. The maximum Gasteiger partial charge on any atom is 0.269 e. The number of non-ortho nitro benzene ring substituents is 1. The van der Waals surface area contributed by atoms with E-state index in [1.54, 1.807) is 12.1 Å². The van der Waals surface area contributed by atoms with Gasteiger partial charge in [-0.25, -0.2) is 4.39 Å². The molecule has 0 atom stereocenters. The average molecular weight is 291 g/mol. The van der Waals surface area contributed by atoms with Gasteiger partial charge in [-0.05, 0) is 42.5 Å². The Bertz CT molecular complexity index is 646. The summed E-state index contributed by atoms with van der Waals surface area (Å²) in [7, 11) is 0. The lowest BCUT2D eigenvalue weighted by Gasteiger charge is -2.10. The molecule has 2 rings (SSSR count). The lowest BCUT2D eigenvalue weighted by molar-refractivity contribution is -0.384. The Morgan fingerprint density at radius 3 is 2.35 bits per heavy atom. The summed E-state index contributed by atoms with van der Waals surface area (Å²) in [5.74, 6) is -0.367. The Hall–Kier alpha value is -2.54. The highest BCUT2D eigenvalue weighted by Gasteiger charge is 2.05. The predicted octanol–water partition coefficient (Wildman–Crippen LogP) is 3.54. The third-order valence-corrected chi connectivity index (χ3v) is 2.62. The summed E-state index contributed by atoms with van der Waals surface area (Å²) in [6.07, 6.45) is 0. The molecule has 2 N–H and O–H groups in total. The van der Waals surface area contributed by atoms with Crippen LogP contribution >= 0.6 is 12.2 Å². The fraction of sp³-hybridized carbons (Fsp3) is 0. The first kappa shape index (κ1) is 13.9. The number of nitro benzene ring substituents is 1. The quantitative estimate of drug-likeness (QED) is 0.514. The number of nitrogens with zero attached hydrogens (tertiary/aromatic N) is 1. The van der Waals surface area contributed by atoms with Crippen LogP contribution < -0.4 is 10.6 Å². The average Bonchev–Trinajstić information content (AvgIpc) is 2.39. The molecule has 0 aliphatic carbocycles. The van der Waals surface area contributed by atoms with Crippen LogP contribution in [0.1, 0.15) is 0 Å². The van der Waals surface area contributed by atoms with Gasteiger partial charge >= 0.3 is 0 Å². The number of benzene rings is 2. The van der Waals surface area contributed by atoms with Crippen molar-refractivity contribution in [2.45, 2.75) is 0 Å². The number of thiocarbonyl (C=S) groups is 1. The highest BCUT2D eigenvalue weighted by Crippen LogP contribution is 2.16. The molecular formula is C13H10FN3O2S. The topological polar surface area (TPSA) is 67.2 Å². The van der Waals surface area contributed by atoms with Crippen LogP contribution in [0.2, 0.25) is 0 Å². The van der Waals surface area contributed by atoms with Crippen LogP contribution in [-0.2, 0) is 0 Å². The van der Waals surface area contributed by atoms with Gasteiger partial charge in [0.2, 0.25) is 0 Å². The normalized spacial score (nSPS) is 9.85.